The zero-order valence-corrected chi connectivity index (χ0v) is 10.9. The van der Waals surface area contributed by atoms with Crippen LogP contribution in [0.3, 0.4) is 0 Å². The summed E-state index contributed by atoms with van der Waals surface area (Å²) in [5.41, 5.74) is 0.901. The maximum absolute atomic E-state index is 5.63. The lowest BCUT2D eigenvalue weighted by atomic mass is 10.2. The third-order valence-corrected chi connectivity index (χ3v) is 2.71. The third kappa shape index (κ3) is 2.98. The molecule has 98 valence electrons. The van der Waals surface area contributed by atoms with E-state index in [0.29, 0.717) is 11.8 Å². The lowest BCUT2D eigenvalue weighted by Crippen LogP contribution is -2.17. The van der Waals surface area contributed by atoms with E-state index in [1.807, 2.05) is 13.0 Å². The second kappa shape index (κ2) is 6.35. The summed E-state index contributed by atoms with van der Waals surface area (Å²) in [5, 5.41) is 11.4. The summed E-state index contributed by atoms with van der Waals surface area (Å²) < 4.78 is 11.0. The van der Waals surface area contributed by atoms with E-state index in [1.165, 1.54) is 0 Å². The van der Waals surface area contributed by atoms with Crippen molar-refractivity contribution in [3.05, 3.63) is 24.0 Å². The predicted molar refractivity (Wildman–Crippen MR) is 68.2 cm³/mol. The molecule has 2 heterocycles. The largest absolute Gasteiger partial charge is 0.469 e. The number of nitrogens with zero attached hydrogens (tertiary/aromatic N) is 2. The minimum Gasteiger partial charge on any atom is -0.469 e. The van der Waals surface area contributed by atoms with Crippen LogP contribution >= 0.6 is 0 Å². The maximum atomic E-state index is 5.63. The summed E-state index contributed by atoms with van der Waals surface area (Å²) in [6.45, 7) is 6.06. The molecule has 1 N–H and O–H groups in total. The summed E-state index contributed by atoms with van der Waals surface area (Å²) in [6, 6.07) is 1.87. The summed E-state index contributed by atoms with van der Waals surface area (Å²) in [5.74, 6) is 2.09. The van der Waals surface area contributed by atoms with Crippen molar-refractivity contribution in [1.82, 2.24) is 15.5 Å². The molecule has 0 saturated carbocycles. The van der Waals surface area contributed by atoms with Crippen molar-refractivity contribution in [2.75, 3.05) is 13.1 Å². The van der Waals surface area contributed by atoms with Crippen molar-refractivity contribution >= 4 is 0 Å². The fourth-order valence-corrected chi connectivity index (χ4v) is 1.77. The van der Waals surface area contributed by atoms with Crippen molar-refractivity contribution in [2.45, 2.75) is 33.1 Å². The second-order valence-corrected chi connectivity index (χ2v) is 4.11. The van der Waals surface area contributed by atoms with Crippen molar-refractivity contribution in [1.29, 1.82) is 0 Å². The van der Waals surface area contributed by atoms with Crippen LogP contribution in [0.15, 0.2) is 21.2 Å². The Balaban J connectivity index is 1.97. The molecule has 0 aliphatic rings. The van der Waals surface area contributed by atoms with E-state index in [1.54, 1.807) is 6.26 Å². The highest BCUT2D eigenvalue weighted by Gasteiger charge is 2.13. The number of aryl methyl sites for hydroxylation is 1. The number of hydrogen-bond acceptors (Lipinski definition) is 5. The molecule has 0 bridgehead atoms. The van der Waals surface area contributed by atoms with Gasteiger partial charge in [-0.25, -0.2) is 0 Å². The first-order chi connectivity index (χ1) is 8.85. The second-order valence-electron chi connectivity index (χ2n) is 4.11. The number of hydrogen-bond donors (Lipinski definition) is 1. The fraction of sp³-hybridized carbons (Fsp3) is 0.538. The summed E-state index contributed by atoms with van der Waals surface area (Å²) in [7, 11) is 0. The molecule has 2 aromatic rings. The van der Waals surface area contributed by atoms with Crippen LogP contribution in [0, 0.1) is 0 Å². The Morgan fingerprint density at radius 2 is 2.11 bits per heavy atom. The molecule has 5 nitrogen and oxygen atoms in total. The van der Waals surface area contributed by atoms with E-state index in [9.17, 15) is 0 Å². The Bertz CT molecular complexity index is 476. The van der Waals surface area contributed by atoms with Crippen molar-refractivity contribution in [3.8, 4) is 11.5 Å². The van der Waals surface area contributed by atoms with Crippen LogP contribution in [-0.4, -0.2) is 23.3 Å². The van der Waals surface area contributed by atoms with Crippen molar-refractivity contribution in [3.63, 3.8) is 0 Å². The zero-order chi connectivity index (χ0) is 12.8. The smallest absolute Gasteiger partial charge is 0.251 e. The Hall–Kier alpha value is -1.62. The normalized spacial score (nSPS) is 11.0. The average Bonchev–Trinajstić information content (AvgIpc) is 3.02. The molecule has 0 aromatic carbocycles. The quantitative estimate of drug-likeness (QED) is 0.763. The number of rotatable bonds is 7. The lowest BCUT2D eigenvalue weighted by Gasteiger charge is -1.98. The van der Waals surface area contributed by atoms with Crippen LogP contribution in [-0.2, 0) is 12.8 Å². The van der Waals surface area contributed by atoms with Gasteiger partial charge in [0.05, 0.1) is 11.8 Å². The SMILES string of the molecule is CCCNCCc1nnc(-c2ccoc2CC)o1. The Morgan fingerprint density at radius 3 is 2.89 bits per heavy atom. The van der Waals surface area contributed by atoms with Gasteiger partial charge in [0.2, 0.25) is 5.89 Å². The van der Waals surface area contributed by atoms with Crippen LogP contribution in [0.1, 0.15) is 31.9 Å². The number of nitrogens with one attached hydrogen (secondary N) is 1. The highest BCUT2D eigenvalue weighted by Crippen LogP contribution is 2.23. The van der Waals surface area contributed by atoms with Crippen LogP contribution in [0.4, 0.5) is 0 Å². The van der Waals surface area contributed by atoms with Gasteiger partial charge in [0, 0.05) is 19.4 Å². The van der Waals surface area contributed by atoms with Gasteiger partial charge < -0.3 is 14.2 Å². The van der Waals surface area contributed by atoms with Gasteiger partial charge in [-0.3, -0.25) is 0 Å². The number of furan rings is 1. The Labute approximate surface area is 107 Å². The van der Waals surface area contributed by atoms with Gasteiger partial charge in [0.1, 0.15) is 5.76 Å². The summed E-state index contributed by atoms with van der Waals surface area (Å²) in [6.07, 6.45) is 4.36. The molecular weight excluding hydrogens is 230 g/mol. The average molecular weight is 249 g/mol. The minimum absolute atomic E-state index is 0.547. The van der Waals surface area contributed by atoms with Gasteiger partial charge in [-0.2, -0.15) is 0 Å². The van der Waals surface area contributed by atoms with Gasteiger partial charge in [-0.15, -0.1) is 10.2 Å². The monoisotopic (exact) mass is 249 g/mol. The highest BCUT2D eigenvalue weighted by molar-refractivity contribution is 5.54. The first-order valence-corrected chi connectivity index (χ1v) is 6.45. The summed E-state index contributed by atoms with van der Waals surface area (Å²) >= 11 is 0. The molecule has 0 spiro atoms. The maximum Gasteiger partial charge on any atom is 0.251 e. The van der Waals surface area contributed by atoms with Crippen molar-refractivity contribution in [2.24, 2.45) is 0 Å². The lowest BCUT2D eigenvalue weighted by molar-refractivity contribution is 0.488. The van der Waals surface area contributed by atoms with Gasteiger partial charge in [0.25, 0.3) is 5.89 Å². The molecule has 5 heteroatoms. The van der Waals surface area contributed by atoms with E-state index in [0.717, 1.165) is 43.7 Å². The highest BCUT2D eigenvalue weighted by atomic mass is 16.4. The van der Waals surface area contributed by atoms with Crippen LogP contribution < -0.4 is 5.32 Å². The molecule has 0 fully saturated rings. The topological polar surface area (TPSA) is 64.1 Å². The Kier molecular flexibility index (Phi) is 4.52. The van der Waals surface area contributed by atoms with Crippen LogP contribution in [0.5, 0.6) is 0 Å². The molecule has 0 aliphatic heterocycles. The standard InChI is InChI=1S/C13H19N3O2/c1-3-7-14-8-5-12-15-16-13(18-12)10-6-9-17-11(10)4-2/h6,9,14H,3-5,7-8H2,1-2H3. The first-order valence-electron chi connectivity index (χ1n) is 6.45. The van der Waals surface area contributed by atoms with Gasteiger partial charge in [-0.05, 0) is 19.0 Å². The molecule has 0 atom stereocenters. The molecule has 2 rings (SSSR count). The molecule has 0 saturated heterocycles. The molecule has 0 radical (unpaired) electrons. The van der Waals surface area contributed by atoms with Gasteiger partial charge in [0.15, 0.2) is 0 Å². The molecule has 2 aromatic heterocycles. The zero-order valence-electron chi connectivity index (χ0n) is 10.9. The molecule has 18 heavy (non-hydrogen) atoms. The molecule has 0 aliphatic carbocycles. The van der Waals surface area contributed by atoms with Crippen LogP contribution in [0.25, 0.3) is 11.5 Å². The number of aromatic nitrogens is 2. The van der Waals surface area contributed by atoms with Crippen LogP contribution in [0.2, 0.25) is 0 Å². The third-order valence-electron chi connectivity index (χ3n) is 2.71. The summed E-state index contributed by atoms with van der Waals surface area (Å²) in [4.78, 5) is 0. The van der Waals surface area contributed by atoms with E-state index >= 15 is 0 Å². The van der Waals surface area contributed by atoms with E-state index < -0.39 is 0 Å². The van der Waals surface area contributed by atoms with Gasteiger partial charge in [-0.1, -0.05) is 13.8 Å². The molecule has 0 unspecified atom stereocenters. The van der Waals surface area contributed by atoms with Crippen molar-refractivity contribution < 1.29 is 8.83 Å². The molecular formula is C13H19N3O2. The van der Waals surface area contributed by atoms with E-state index in [2.05, 4.69) is 22.4 Å². The Morgan fingerprint density at radius 1 is 1.22 bits per heavy atom. The molecule has 0 amide bonds. The minimum atomic E-state index is 0.547. The van der Waals surface area contributed by atoms with E-state index in [4.69, 9.17) is 8.83 Å². The predicted octanol–water partition coefficient (Wildman–Crippen LogP) is 2.43. The van der Waals surface area contributed by atoms with E-state index in [-0.39, 0.29) is 0 Å². The van der Waals surface area contributed by atoms with Gasteiger partial charge >= 0.3 is 0 Å². The fourth-order valence-electron chi connectivity index (χ4n) is 1.77. The first kappa shape index (κ1) is 12.8.